The third-order valence-electron chi connectivity index (χ3n) is 3.43. The SMILES string of the molecule is CN(Cc1csc(C=CC(=O)O)c1)C(=O)C1CCOCC1. The standard InChI is InChI=1S/C15H19NO4S/c1-16(15(19)12-4-6-20-7-5-12)9-11-8-13(21-10-11)2-3-14(17)18/h2-3,8,10,12H,4-7,9H2,1H3,(H,17,18). The quantitative estimate of drug-likeness (QED) is 0.847. The van der Waals surface area contributed by atoms with Crippen molar-refractivity contribution < 1.29 is 19.4 Å². The van der Waals surface area contributed by atoms with Gasteiger partial charge in [-0.25, -0.2) is 4.79 Å². The number of ether oxygens (including phenoxy) is 1. The van der Waals surface area contributed by atoms with E-state index in [-0.39, 0.29) is 11.8 Å². The molecule has 0 unspecified atom stereocenters. The Morgan fingerprint density at radius 1 is 1.48 bits per heavy atom. The van der Waals surface area contributed by atoms with Gasteiger partial charge in [0, 0.05) is 43.7 Å². The molecule has 6 heteroatoms. The van der Waals surface area contributed by atoms with Gasteiger partial charge in [-0.05, 0) is 35.9 Å². The van der Waals surface area contributed by atoms with Gasteiger partial charge < -0.3 is 14.7 Å². The number of thiophene rings is 1. The molecule has 1 fully saturated rings. The lowest BCUT2D eigenvalue weighted by molar-refractivity contribution is -0.137. The lowest BCUT2D eigenvalue weighted by Gasteiger charge is -2.26. The number of carboxylic acid groups (broad SMARTS) is 1. The Bertz CT molecular complexity index is 532. The zero-order chi connectivity index (χ0) is 15.2. The fourth-order valence-corrected chi connectivity index (χ4v) is 3.12. The van der Waals surface area contributed by atoms with Crippen LogP contribution in [0.25, 0.3) is 6.08 Å². The first-order valence-corrected chi connectivity index (χ1v) is 7.75. The molecule has 1 amide bonds. The summed E-state index contributed by atoms with van der Waals surface area (Å²) in [7, 11) is 1.81. The Balaban J connectivity index is 1.91. The summed E-state index contributed by atoms with van der Waals surface area (Å²) in [5.41, 5.74) is 1.02. The molecular weight excluding hydrogens is 290 g/mol. The maximum atomic E-state index is 12.3. The van der Waals surface area contributed by atoms with Gasteiger partial charge in [-0.15, -0.1) is 11.3 Å². The highest BCUT2D eigenvalue weighted by atomic mass is 32.1. The molecule has 1 aliphatic rings. The van der Waals surface area contributed by atoms with Gasteiger partial charge in [-0.2, -0.15) is 0 Å². The van der Waals surface area contributed by atoms with E-state index in [1.54, 1.807) is 11.0 Å². The van der Waals surface area contributed by atoms with Crippen LogP contribution in [0.3, 0.4) is 0 Å². The molecule has 21 heavy (non-hydrogen) atoms. The highest BCUT2D eigenvalue weighted by molar-refractivity contribution is 7.11. The van der Waals surface area contributed by atoms with Crippen molar-refractivity contribution in [2.45, 2.75) is 19.4 Å². The Morgan fingerprint density at radius 2 is 2.19 bits per heavy atom. The molecule has 114 valence electrons. The smallest absolute Gasteiger partial charge is 0.328 e. The summed E-state index contributed by atoms with van der Waals surface area (Å²) in [5, 5.41) is 10.6. The number of hydrogen-bond acceptors (Lipinski definition) is 4. The second-order valence-corrected chi connectivity index (χ2v) is 6.05. The lowest BCUT2D eigenvalue weighted by atomic mass is 9.99. The molecule has 5 nitrogen and oxygen atoms in total. The van der Waals surface area contributed by atoms with Crippen LogP contribution in [0.5, 0.6) is 0 Å². The maximum absolute atomic E-state index is 12.3. The molecule has 0 saturated carbocycles. The predicted octanol–water partition coefficient (Wildman–Crippen LogP) is 2.23. The molecule has 0 aliphatic carbocycles. The normalized spacial score (nSPS) is 16.2. The van der Waals surface area contributed by atoms with E-state index in [2.05, 4.69) is 0 Å². The van der Waals surface area contributed by atoms with Crippen molar-refractivity contribution >= 4 is 29.3 Å². The molecule has 0 spiro atoms. The van der Waals surface area contributed by atoms with Crippen LogP contribution in [0.15, 0.2) is 17.5 Å². The fourth-order valence-electron chi connectivity index (χ4n) is 2.33. The van der Waals surface area contributed by atoms with Gasteiger partial charge in [-0.3, -0.25) is 4.79 Å². The van der Waals surface area contributed by atoms with Gasteiger partial charge >= 0.3 is 5.97 Å². The van der Waals surface area contributed by atoms with E-state index in [9.17, 15) is 9.59 Å². The maximum Gasteiger partial charge on any atom is 0.328 e. The van der Waals surface area contributed by atoms with Crippen molar-refractivity contribution in [2.24, 2.45) is 5.92 Å². The minimum Gasteiger partial charge on any atom is -0.478 e. The van der Waals surface area contributed by atoms with Crippen LogP contribution in [0, 0.1) is 5.92 Å². The second kappa shape index (κ2) is 7.38. The molecule has 0 atom stereocenters. The highest BCUT2D eigenvalue weighted by Gasteiger charge is 2.24. The van der Waals surface area contributed by atoms with Crippen LogP contribution in [0.2, 0.25) is 0 Å². The topological polar surface area (TPSA) is 66.8 Å². The highest BCUT2D eigenvalue weighted by Crippen LogP contribution is 2.21. The summed E-state index contributed by atoms with van der Waals surface area (Å²) in [6, 6.07) is 1.91. The number of aliphatic carboxylic acids is 1. The third-order valence-corrected chi connectivity index (χ3v) is 4.38. The molecule has 0 aromatic carbocycles. The Labute approximate surface area is 127 Å². The Kier molecular flexibility index (Phi) is 5.52. The van der Waals surface area contributed by atoms with Crippen LogP contribution >= 0.6 is 11.3 Å². The summed E-state index contributed by atoms with van der Waals surface area (Å²) in [4.78, 5) is 25.4. The number of carboxylic acids is 1. The summed E-state index contributed by atoms with van der Waals surface area (Å²) in [5.74, 6) is -0.738. The van der Waals surface area contributed by atoms with Crippen molar-refractivity contribution in [1.29, 1.82) is 0 Å². The van der Waals surface area contributed by atoms with E-state index in [1.807, 2.05) is 18.5 Å². The number of nitrogens with zero attached hydrogens (tertiary/aromatic N) is 1. The molecule has 2 rings (SSSR count). The van der Waals surface area contributed by atoms with Crippen molar-refractivity contribution in [2.75, 3.05) is 20.3 Å². The van der Waals surface area contributed by atoms with Gasteiger partial charge in [0.2, 0.25) is 5.91 Å². The van der Waals surface area contributed by atoms with Gasteiger partial charge in [0.25, 0.3) is 0 Å². The van der Waals surface area contributed by atoms with E-state index < -0.39 is 5.97 Å². The average Bonchev–Trinajstić information content (AvgIpc) is 2.92. The molecular formula is C15H19NO4S. The Morgan fingerprint density at radius 3 is 2.86 bits per heavy atom. The molecule has 1 aliphatic heterocycles. The summed E-state index contributed by atoms with van der Waals surface area (Å²) in [6.07, 6.45) is 4.27. The van der Waals surface area contributed by atoms with Crippen LogP contribution in [-0.2, 0) is 20.9 Å². The van der Waals surface area contributed by atoms with Crippen molar-refractivity contribution in [3.05, 3.63) is 28.0 Å². The molecule has 2 heterocycles. The first-order chi connectivity index (χ1) is 10.1. The number of carbonyl (C=O) groups is 2. The van der Waals surface area contributed by atoms with Crippen molar-refractivity contribution in [3.8, 4) is 0 Å². The average molecular weight is 309 g/mol. The number of rotatable bonds is 5. The van der Waals surface area contributed by atoms with Gasteiger partial charge in [0.15, 0.2) is 0 Å². The molecule has 0 radical (unpaired) electrons. The fraction of sp³-hybridized carbons (Fsp3) is 0.467. The summed E-state index contributed by atoms with van der Waals surface area (Å²) in [6.45, 7) is 1.87. The van der Waals surface area contributed by atoms with E-state index >= 15 is 0 Å². The molecule has 1 aromatic heterocycles. The van der Waals surface area contributed by atoms with E-state index in [0.29, 0.717) is 19.8 Å². The minimum absolute atomic E-state index is 0.0637. The van der Waals surface area contributed by atoms with Crippen molar-refractivity contribution in [1.82, 2.24) is 4.90 Å². The van der Waals surface area contributed by atoms with E-state index in [1.165, 1.54) is 11.3 Å². The summed E-state index contributed by atoms with van der Waals surface area (Å²) >= 11 is 1.47. The zero-order valence-corrected chi connectivity index (χ0v) is 12.8. The molecule has 1 saturated heterocycles. The number of carbonyl (C=O) groups excluding carboxylic acids is 1. The number of amides is 1. The second-order valence-electron chi connectivity index (χ2n) is 5.11. The van der Waals surface area contributed by atoms with E-state index in [0.717, 1.165) is 29.4 Å². The predicted molar refractivity (Wildman–Crippen MR) is 81.0 cm³/mol. The van der Waals surface area contributed by atoms with Crippen LogP contribution < -0.4 is 0 Å². The lowest BCUT2D eigenvalue weighted by Crippen LogP contribution is -2.35. The van der Waals surface area contributed by atoms with Crippen molar-refractivity contribution in [3.63, 3.8) is 0 Å². The molecule has 1 N–H and O–H groups in total. The monoisotopic (exact) mass is 309 g/mol. The largest absolute Gasteiger partial charge is 0.478 e. The number of hydrogen-bond donors (Lipinski definition) is 1. The van der Waals surface area contributed by atoms with Gasteiger partial charge in [0.05, 0.1) is 0 Å². The zero-order valence-electron chi connectivity index (χ0n) is 11.9. The Hall–Kier alpha value is -1.66. The van der Waals surface area contributed by atoms with E-state index in [4.69, 9.17) is 9.84 Å². The van der Waals surface area contributed by atoms with Crippen LogP contribution in [-0.4, -0.2) is 42.1 Å². The first-order valence-electron chi connectivity index (χ1n) is 6.87. The van der Waals surface area contributed by atoms with Gasteiger partial charge in [0.1, 0.15) is 0 Å². The third kappa shape index (κ3) is 4.68. The van der Waals surface area contributed by atoms with Gasteiger partial charge in [-0.1, -0.05) is 0 Å². The first kappa shape index (κ1) is 15.7. The molecule has 0 bridgehead atoms. The minimum atomic E-state index is -0.961. The van der Waals surface area contributed by atoms with Crippen LogP contribution in [0.4, 0.5) is 0 Å². The molecule has 1 aromatic rings. The summed E-state index contributed by atoms with van der Waals surface area (Å²) < 4.78 is 5.27. The van der Waals surface area contributed by atoms with Crippen LogP contribution in [0.1, 0.15) is 23.3 Å².